The average Bonchev–Trinajstić information content (AvgIpc) is 2.61. The SMILES string of the molecule is CNCC(=O)c1c(C)n(C)c2c(OC)cc(C)cc12. The third kappa shape index (κ3) is 2.12. The van der Waals surface area contributed by atoms with Crippen LogP contribution in [-0.2, 0) is 7.05 Å². The highest BCUT2D eigenvalue weighted by Crippen LogP contribution is 2.33. The summed E-state index contributed by atoms with van der Waals surface area (Å²) in [6.45, 7) is 4.32. The van der Waals surface area contributed by atoms with Crippen molar-refractivity contribution in [3.8, 4) is 5.75 Å². The molecule has 0 aliphatic carbocycles. The molecular formula is C15H20N2O2. The number of aromatic nitrogens is 1. The number of carbonyl (C=O) groups excluding carboxylic acids is 1. The molecule has 1 heterocycles. The molecular weight excluding hydrogens is 240 g/mol. The van der Waals surface area contributed by atoms with E-state index in [-0.39, 0.29) is 5.78 Å². The van der Waals surface area contributed by atoms with Crippen molar-refractivity contribution in [3.63, 3.8) is 0 Å². The number of ketones is 1. The van der Waals surface area contributed by atoms with Crippen LogP contribution in [-0.4, -0.2) is 31.1 Å². The van der Waals surface area contributed by atoms with Crippen molar-refractivity contribution >= 4 is 16.7 Å². The number of methoxy groups -OCH3 is 1. The number of rotatable bonds is 4. The quantitative estimate of drug-likeness (QED) is 0.857. The number of nitrogens with one attached hydrogen (secondary N) is 1. The van der Waals surface area contributed by atoms with Gasteiger partial charge in [-0.25, -0.2) is 0 Å². The van der Waals surface area contributed by atoms with Crippen molar-refractivity contribution < 1.29 is 9.53 Å². The number of aryl methyl sites for hydroxylation is 2. The Hall–Kier alpha value is -1.81. The molecule has 1 aromatic heterocycles. The minimum absolute atomic E-state index is 0.109. The zero-order valence-corrected chi connectivity index (χ0v) is 12.1. The van der Waals surface area contributed by atoms with E-state index in [1.54, 1.807) is 14.2 Å². The maximum absolute atomic E-state index is 12.3. The van der Waals surface area contributed by atoms with E-state index in [1.807, 2.05) is 37.6 Å². The Morgan fingerprint density at radius 2 is 2.05 bits per heavy atom. The number of hydrogen-bond acceptors (Lipinski definition) is 3. The molecule has 0 saturated carbocycles. The Labute approximate surface area is 113 Å². The second kappa shape index (κ2) is 5.05. The van der Waals surface area contributed by atoms with Gasteiger partial charge in [0.15, 0.2) is 5.78 Å². The fraction of sp³-hybridized carbons (Fsp3) is 0.400. The van der Waals surface area contributed by atoms with Crippen molar-refractivity contribution in [2.24, 2.45) is 7.05 Å². The number of ether oxygens (including phenoxy) is 1. The van der Waals surface area contributed by atoms with Gasteiger partial charge in [-0.3, -0.25) is 4.79 Å². The third-order valence-corrected chi connectivity index (χ3v) is 3.53. The maximum Gasteiger partial charge on any atom is 0.179 e. The lowest BCUT2D eigenvalue weighted by Crippen LogP contribution is -2.19. The molecule has 4 nitrogen and oxygen atoms in total. The molecule has 1 N–H and O–H groups in total. The predicted molar refractivity (Wildman–Crippen MR) is 77.2 cm³/mol. The fourth-order valence-electron chi connectivity index (χ4n) is 2.57. The summed E-state index contributed by atoms with van der Waals surface area (Å²) in [5.74, 6) is 0.919. The Kier molecular flexibility index (Phi) is 3.62. The minimum atomic E-state index is 0.109. The number of likely N-dealkylation sites (N-methyl/N-ethyl adjacent to an activating group) is 1. The predicted octanol–water partition coefficient (Wildman–Crippen LogP) is 2.21. The van der Waals surface area contributed by atoms with Gasteiger partial charge in [-0.1, -0.05) is 0 Å². The summed E-state index contributed by atoms with van der Waals surface area (Å²) in [5.41, 5.74) is 3.83. The van der Waals surface area contributed by atoms with E-state index >= 15 is 0 Å². The molecule has 2 rings (SSSR count). The largest absolute Gasteiger partial charge is 0.495 e. The van der Waals surface area contributed by atoms with Crippen LogP contribution in [0.15, 0.2) is 12.1 Å². The van der Waals surface area contributed by atoms with Gasteiger partial charge in [0, 0.05) is 23.7 Å². The minimum Gasteiger partial charge on any atom is -0.495 e. The normalized spacial score (nSPS) is 11.0. The van der Waals surface area contributed by atoms with Crippen molar-refractivity contribution in [3.05, 3.63) is 29.0 Å². The first-order valence-electron chi connectivity index (χ1n) is 6.32. The standard InChI is InChI=1S/C15H20N2O2/c1-9-6-11-14(12(18)8-16-3)10(2)17(4)15(11)13(7-9)19-5/h6-7,16H,8H2,1-5H3. The van der Waals surface area contributed by atoms with Gasteiger partial charge in [0.25, 0.3) is 0 Å². The highest BCUT2D eigenvalue weighted by atomic mass is 16.5. The molecule has 0 saturated heterocycles. The number of nitrogens with zero attached hydrogens (tertiary/aromatic N) is 1. The van der Waals surface area contributed by atoms with Crippen LogP contribution in [0.5, 0.6) is 5.75 Å². The van der Waals surface area contributed by atoms with Crippen LogP contribution >= 0.6 is 0 Å². The molecule has 19 heavy (non-hydrogen) atoms. The Morgan fingerprint density at radius 3 is 2.63 bits per heavy atom. The zero-order valence-electron chi connectivity index (χ0n) is 12.1. The van der Waals surface area contributed by atoms with Gasteiger partial charge in [-0.15, -0.1) is 0 Å². The van der Waals surface area contributed by atoms with Gasteiger partial charge in [0.1, 0.15) is 5.75 Å². The lowest BCUT2D eigenvalue weighted by Gasteiger charge is -2.06. The number of Topliss-reactive ketones (excluding diaryl/α,β-unsaturated/α-hetero) is 1. The fourth-order valence-corrected chi connectivity index (χ4v) is 2.57. The van der Waals surface area contributed by atoms with E-state index in [0.29, 0.717) is 6.54 Å². The number of hydrogen-bond donors (Lipinski definition) is 1. The molecule has 1 aromatic carbocycles. The number of fused-ring (bicyclic) bond motifs is 1. The lowest BCUT2D eigenvalue weighted by molar-refractivity contribution is 0.0994. The summed E-state index contributed by atoms with van der Waals surface area (Å²) in [5, 5.41) is 3.89. The second-order valence-corrected chi connectivity index (χ2v) is 4.84. The third-order valence-electron chi connectivity index (χ3n) is 3.53. The Bertz CT molecular complexity index is 641. The molecule has 0 aliphatic rings. The van der Waals surface area contributed by atoms with Crippen LogP contribution in [0, 0.1) is 13.8 Å². The molecule has 2 aromatic rings. The van der Waals surface area contributed by atoms with Crippen LogP contribution in [0.4, 0.5) is 0 Å². The average molecular weight is 260 g/mol. The van der Waals surface area contributed by atoms with E-state index in [4.69, 9.17) is 4.74 Å². The second-order valence-electron chi connectivity index (χ2n) is 4.84. The van der Waals surface area contributed by atoms with Gasteiger partial charge >= 0.3 is 0 Å². The van der Waals surface area contributed by atoms with E-state index in [1.165, 1.54) is 0 Å². The maximum atomic E-state index is 12.3. The molecule has 0 amide bonds. The summed E-state index contributed by atoms with van der Waals surface area (Å²) >= 11 is 0. The molecule has 102 valence electrons. The first-order valence-corrected chi connectivity index (χ1v) is 6.32. The summed E-state index contributed by atoms with van der Waals surface area (Å²) < 4.78 is 7.47. The van der Waals surface area contributed by atoms with Crippen molar-refractivity contribution in [1.82, 2.24) is 9.88 Å². The van der Waals surface area contributed by atoms with Crippen molar-refractivity contribution in [2.75, 3.05) is 20.7 Å². The van der Waals surface area contributed by atoms with Crippen LogP contribution in [0.2, 0.25) is 0 Å². The molecule has 0 aliphatic heterocycles. The van der Waals surface area contributed by atoms with E-state index in [2.05, 4.69) is 5.32 Å². The summed E-state index contributed by atoms with van der Waals surface area (Å²) in [4.78, 5) is 12.3. The van der Waals surface area contributed by atoms with E-state index in [9.17, 15) is 4.79 Å². The molecule has 0 fully saturated rings. The zero-order chi connectivity index (χ0) is 14.2. The highest BCUT2D eigenvalue weighted by molar-refractivity contribution is 6.11. The summed E-state index contributed by atoms with van der Waals surface area (Å²) in [6, 6.07) is 4.04. The smallest absolute Gasteiger partial charge is 0.179 e. The molecule has 0 spiro atoms. The Balaban J connectivity index is 2.81. The van der Waals surface area contributed by atoms with Crippen LogP contribution in [0.25, 0.3) is 10.9 Å². The highest BCUT2D eigenvalue weighted by Gasteiger charge is 2.20. The van der Waals surface area contributed by atoms with E-state index < -0.39 is 0 Å². The van der Waals surface area contributed by atoms with E-state index in [0.717, 1.165) is 33.5 Å². The first-order chi connectivity index (χ1) is 9.01. The monoisotopic (exact) mass is 260 g/mol. The number of benzene rings is 1. The Morgan fingerprint density at radius 1 is 1.37 bits per heavy atom. The summed E-state index contributed by atoms with van der Waals surface area (Å²) in [7, 11) is 5.40. The first kappa shape index (κ1) is 13.6. The lowest BCUT2D eigenvalue weighted by atomic mass is 10.0. The number of carbonyl (C=O) groups is 1. The molecule has 0 radical (unpaired) electrons. The topological polar surface area (TPSA) is 43.3 Å². The van der Waals surface area contributed by atoms with Crippen molar-refractivity contribution in [2.45, 2.75) is 13.8 Å². The molecule has 4 heteroatoms. The van der Waals surface area contributed by atoms with Gasteiger partial charge in [-0.2, -0.15) is 0 Å². The van der Waals surface area contributed by atoms with Gasteiger partial charge in [0.2, 0.25) is 0 Å². The van der Waals surface area contributed by atoms with Gasteiger partial charge in [0.05, 0.1) is 19.2 Å². The van der Waals surface area contributed by atoms with Gasteiger partial charge < -0.3 is 14.6 Å². The molecule has 0 atom stereocenters. The van der Waals surface area contributed by atoms with Crippen LogP contribution < -0.4 is 10.1 Å². The summed E-state index contributed by atoms with van der Waals surface area (Å²) in [6.07, 6.45) is 0. The van der Waals surface area contributed by atoms with Crippen LogP contribution in [0.1, 0.15) is 21.6 Å². The molecule has 0 unspecified atom stereocenters. The molecule has 0 bridgehead atoms. The van der Waals surface area contributed by atoms with Gasteiger partial charge in [-0.05, 0) is 38.6 Å². The van der Waals surface area contributed by atoms with Crippen molar-refractivity contribution in [1.29, 1.82) is 0 Å². The van der Waals surface area contributed by atoms with Crippen LogP contribution in [0.3, 0.4) is 0 Å².